The Morgan fingerprint density at radius 2 is 2.04 bits per heavy atom. The first kappa shape index (κ1) is 20.7. The summed E-state index contributed by atoms with van der Waals surface area (Å²) in [4.78, 5) is 17.2. The van der Waals surface area contributed by atoms with Crippen LogP contribution in [0.15, 0.2) is 48.5 Å². The van der Waals surface area contributed by atoms with Gasteiger partial charge < -0.3 is 9.64 Å². The predicted molar refractivity (Wildman–Crippen MR) is 112 cm³/mol. The van der Waals surface area contributed by atoms with Crippen molar-refractivity contribution in [3.05, 3.63) is 65.5 Å². The highest BCUT2D eigenvalue weighted by Gasteiger charge is 2.31. The number of ether oxygens (including phenoxy) is 1. The third-order valence-corrected chi connectivity index (χ3v) is 6.22. The number of nitrogens with zero attached hydrogens (tertiary/aromatic N) is 2. The van der Waals surface area contributed by atoms with Gasteiger partial charge in [-0.3, -0.25) is 9.69 Å². The second kappa shape index (κ2) is 9.43. The normalized spacial score (nSPS) is 16.8. The molecule has 0 aliphatic carbocycles. The minimum absolute atomic E-state index is 0.0427. The molecule has 0 spiro atoms. The van der Waals surface area contributed by atoms with Crippen molar-refractivity contribution in [3.63, 3.8) is 0 Å². The molecule has 1 amide bonds. The number of rotatable bonds is 7. The van der Waals surface area contributed by atoms with Crippen LogP contribution in [0.1, 0.15) is 30.3 Å². The number of hydrogen-bond donors (Lipinski definition) is 0. The van der Waals surface area contributed by atoms with Crippen LogP contribution < -0.4 is 4.74 Å². The van der Waals surface area contributed by atoms with Gasteiger partial charge in [0.15, 0.2) is 0 Å². The lowest BCUT2D eigenvalue weighted by Crippen LogP contribution is -2.42. The molecule has 0 N–H and O–H groups in total. The predicted octanol–water partition coefficient (Wildman–Crippen LogP) is 4.32. The van der Waals surface area contributed by atoms with Crippen LogP contribution in [0.4, 0.5) is 4.39 Å². The standard InChI is InChI=1S/C22H27FN2O2S/c1-16(2)24(14-17-5-4-6-20(13-17)27-3)15-21(26)25-11-12-28-22(25)18-7-9-19(23)10-8-18/h4-10,13,16,22H,11-12,14-15H2,1-3H3/t22-/m0/s1. The van der Waals surface area contributed by atoms with E-state index in [0.717, 1.165) is 29.2 Å². The first-order valence-corrected chi connectivity index (χ1v) is 10.6. The summed E-state index contributed by atoms with van der Waals surface area (Å²) in [7, 11) is 1.66. The highest BCUT2D eigenvalue weighted by atomic mass is 32.2. The number of methoxy groups -OCH3 is 1. The molecule has 150 valence electrons. The van der Waals surface area contributed by atoms with Gasteiger partial charge in [-0.2, -0.15) is 0 Å². The summed E-state index contributed by atoms with van der Waals surface area (Å²) in [6.07, 6.45) is 0. The Bertz CT molecular complexity index is 797. The van der Waals surface area contributed by atoms with Crippen molar-refractivity contribution in [2.75, 3.05) is 26.0 Å². The van der Waals surface area contributed by atoms with Crippen molar-refractivity contribution in [2.24, 2.45) is 0 Å². The molecule has 1 fully saturated rings. The molecule has 6 heteroatoms. The minimum atomic E-state index is -0.256. The molecule has 1 atom stereocenters. The van der Waals surface area contributed by atoms with Gasteiger partial charge in [-0.25, -0.2) is 4.39 Å². The van der Waals surface area contributed by atoms with E-state index < -0.39 is 0 Å². The quantitative estimate of drug-likeness (QED) is 0.691. The van der Waals surface area contributed by atoms with Gasteiger partial charge in [-0.05, 0) is 49.2 Å². The minimum Gasteiger partial charge on any atom is -0.497 e. The zero-order chi connectivity index (χ0) is 20.1. The van der Waals surface area contributed by atoms with Gasteiger partial charge in [-0.15, -0.1) is 11.8 Å². The summed E-state index contributed by atoms with van der Waals surface area (Å²) in [5.41, 5.74) is 2.09. The molecule has 1 aliphatic heterocycles. The van der Waals surface area contributed by atoms with Crippen LogP contribution in [-0.2, 0) is 11.3 Å². The molecule has 28 heavy (non-hydrogen) atoms. The summed E-state index contributed by atoms with van der Waals surface area (Å²) in [6.45, 7) is 5.96. The summed E-state index contributed by atoms with van der Waals surface area (Å²) in [5.74, 6) is 1.57. The van der Waals surface area contributed by atoms with E-state index in [1.54, 1.807) is 31.0 Å². The first-order valence-electron chi connectivity index (χ1n) is 9.51. The molecule has 2 aromatic rings. The molecule has 0 radical (unpaired) electrons. The summed E-state index contributed by atoms with van der Waals surface area (Å²) < 4.78 is 18.6. The average molecular weight is 403 g/mol. The maximum absolute atomic E-state index is 13.2. The molecule has 2 aromatic carbocycles. The van der Waals surface area contributed by atoms with Crippen LogP contribution in [0.2, 0.25) is 0 Å². The van der Waals surface area contributed by atoms with Gasteiger partial charge in [0.1, 0.15) is 16.9 Å². The Morgan fingerprint density at radius 3 is 2.71 bits per heavy atom. The SMILES string of the molecule is COc1cccc(CN(CC(=O)N2CCS[C@H]2c2ccc(F)cc2)C(C)C)c1. The molecule has 0 unspecified atom stereocenters. The van der Waals surface area contributed by atoms with Crippen molar-refractivity contribution in [1.29, 1.82) is 0 Å². The van der Waals surface area contributed by atoms with Gasteiger partial charge in [0.05, 0.1) is 13.7 Å². The fourth-order valence-electron chi connectivity index (χ4n) is 3.32. The van der Waals surface area contributed by atoms with E-state index in [4.69, 9.17) is 4.74 Å². The van der Waals surface area contributed by atoms with Crippen molar-refractivity contribution >= 4 is 17.7 Å². The van der Waals surface area contributed by atoms with E-state index >= 15 is 0 Å². The number of amides is 1. The van der Waals surface area contributed by atoms with E-state index in [9.17, 15) is 9.18 Å². The lowest BCUT2D eigenvalue weighted by Gasteiger charge is -2.30. The van der Waals surface area contributed by atoms with Crippen LogP contribution in [-0.4, -0.2) is 47.7 Å². The molecule has 0 bridgehead atoms. The van der Waals surface area contributed by atoms with E-state index in [1.807, 2.05) is 23.1 Å². The number of benzene rings is 2. The summed E-state index contributed by atoms with van der Waals surface area (Å²) >= 11 is 1.73. The van der Waals surface area contributed by atoms with Crippen LogP contribution in [0.25, 0.3) is 0 Å². The number of carbonyl (C=O) groups excluding carboxylic acids is 1. The number of halogens is 1. The number of hydrogen-bond acceptors (Lipinski definition) is 4. The third kappa shape index (κ3) is 5.06. The molecule has 3 rings (SSSR count). The fourth-order valence-corrected chi connectivity index (χ4v) is 4.60. The van der Waals surface area contributed by atoms with Crippen LogP contribution in [0.5, 0.6) is 5.75 Å². The second-order valence-electron chi connectivity index (χ2n) is 7.21. The fraction of sp³-hybridized carbons (Fsp3) is 0.409. The van der Waals surface area contributed by atoms with Gasteiger partial charge in [0.2, 0.25) is 5.91 Å². The van der Waals surface area contributed by atoms with E-state index in [1.165, 1.54) is 12.1 Å². The van der Waals surface area contributed by atoms with E-state index in [0.29, 0.717) is 13.1 Å². The van der Waals surface area contributed by atoms with Gasteiger partial charge >= 0.3 is 0 Å². The lowest BCUT2D eigenvalue weighted by molar-refractivity contribution is -0.133. The van der Waals surface area contributed by atoms with E-state index in [2.05, 4.69) is 24.8 Å². The van der Waals surface area contributed by atoms with Crippen molar-refractivity contribution in [2.45, 2.75) is 31.8 Å². The van der Waals surface area contributed by atoms with Gasteiger partial charge in [0, 0.05) is 24.9 Å². The summed E-state index contributed by atoms with van der Waals surface area (Å²) in [6, 6.07) is 14.6. The highest BCUT2D eigenvalue weighted by Crippen LogP contribution is 2.38. The Balaban J connectivity index is 1.70. The zero-order valence-electron chi connectivity index (χ0n) is 16.6. The summed E-state index contributed by atoms with van der Waals surface area (Å²) in [5, 5.41) is -0.0427. The lowest BCUT2D eigenvalue weighted by atomic mass is 10.1. The zero-order valence-corrected chi connectivity index (χ0v) is 17.4. The Morgan fingerprint density at radius 1 is 1.29 bits per heavy atom. The van der Waals surface area contributed by atoms with Crippen LogP contribution >= 0.6 is 11.8 Å². The number of carbonyl (C=O) groups is 1. The third-order valence-electron chi connectivity index (χ3n) is 4.95. The van der Waals surface area contributed by atoms with Crippen molar-refractivity contribution < 1.29 is 13.9 Å². The van der Waals surface area contributed by atoms with Gasteiger partial charge in [0.25, 0.3) is 0 Å². The largest absolute Gasteiger partial charge is 0.497 e. The molecule has 1 saturated heterocycles. The highest BCUT2D eigenvalue weighted by molar-refractivity contribution is 7.99. The monoisotopic (exact) mass is 402 g/mol. The molecular formula is C22H27FN2O2S. The first-order chi connectivity index (χ1) is 13.5. The average Bonchev–Trinajstić information content (AvgIpc) is 3.18. The number of thioether (sulfide) groups is 1. The van der Waals surface area contributed by atoms with Crippen molar-refractivity contribution in [3.8, 4) is 5.75 Å². The molecule has 4 nitrogen and oxygen atoms in total. The Hall–Kier alpha value is -2.05. The molecular weight excluding hydrogens is 375 g/mol. The second-order valence-corrected chi connectivity index (χ2v) is 8.40. The topological polar surface area (TPSA) is 32.8 Å². The van der Waals surface area contributed by atoms with Crippen molar-refractivity contribution in [1.82, 2.24) is 9.80 Å². The molecule has 1 aliphatic rings. The van der Waals surface area contributed by atoms with E-state index in [-0.39, 0.29) is 23.1 Å². The molecule has 0 saturated carbocycles. The Labute approximate surface area is 170 Å². The smallest absolute Gasteiger partial charge is 0.237 e. The maximum atomic E-state index is 13.2. The van der Waals surface area contributed by atoms with Crippen LogP contribution in [0, 0.1) is 5.82 Å². The maximum Gasteiger partial charge on any atom is 0.237 e. The molecule has 0 aromatic heterocycles. The Kier molecular flexibility index (Phi) is 6.97. The molecule has 1 heterocycles. The van der Waals surface area contributed by atoms with Crippen LogP contribution in [0.3, 0.4) is 0 Å². The van der Waals surface area contributed by atoms with Gasteiger partial charge in [-0.1, -0.05) is 24.3 Å².